The monoisotopic (exact) mass is 582 g/mol. The maximum absolute atomic E-state index is 11.9. The predicted octanol–water partition coefficient (Wildman–Crippen LogP) is 13.4. The van der Waals surface area contributed by atoms with Crippen LogP contribution in [0.4, 0.5) is 0 Å². The minimum absolute atomic E-state index is 1.01. The zero-order valence-corrected chi connectivity index (χ0v) is 28.4. The molecule has 0 amide bonds. The summed E-state index contributed by atoms with van der Waals surface area (Å²) in [5.74, 6) is 0. The van der Waals surface area contributed by atoms with Crippen LogP contribution in [-0.2, 0) is 12.8 Å². The molecule has 0 saturated carbocycles. The second-order valence-electron chi connectivity index (χ2n) is 13.0. The number of rotatable bonds is 23. The number of benzene rings is 2. The summed E-state index contributed by atoms with van der Waals surface area (Å²) >= 11 is 0. The molecule has 0 N–H and O–H groups in total. The highest BCUT2D eigenvalue weighted by atomic mass is 15.2. The Kier molecular flexibility index (Phi) is 16.7. The van der Waals surface area contributed by atoms with Crippen molar-refractivity contribution < 1.29 is 4.70 Å². The first-order chi connectivity index (χ1) is 21.1. The highest BCUT2D eigenvalue weighted by molar-refractivity contribution is 5.82. The fourth-order valence-corrected chi connectivity index (χ4v) is 6.57. The third-order valence-electron chi connectivity index (χ3n) is 9.26. The Labute approximate surface area is 265 Å². The molecule has 0 atom stereocenters. The van der Waals surface area contributed by atoms with Crippen LogP contribution < -0.4 is 0 Å². The van der Waals surface area contributed by atoms with Crippen LogP contribution in [0, 0.1) is 0 Å². The molecule has 2 nitrogen and oxygen atoms in total. The number of allylic oxidation sites excluding steroid dienone is 2. The Bertz CT molecular complexity index is 1130. The zero-order valence-electron chi connectivity index (χ0n) is 28.4. The molecule has 0 aromatic heterocycles. The van der Waals surface area contributed by atoms with Gasteiger partial charge in [0.25, 0.3) is 0 Å². The minimum atomic E-state index is 1.01. The van der Waals surface area contributed by atoms with Gasteiger partial charge in [0, 0.05) is 22.3 Å². The van der Waals surface area contributed by atoms with Crippen LogP contribution in [0.1, 0.15) is 172 Å². The van der Waals surface area contributed by atoms with Crippen molar-refractivity contribution in [2.24, 2.45) is 0 Å². The van der Waals surface area contributed by atoms with Crippen molar-refractivity contribution in [3.63, 3.8) is 0 Å². The molecular formula is C41H62N2. The van der Waals surface area contributed by atoms with Gasteiger partial charge in [0.1, 0.15) is 0 Å². The summed E-state index contributed by atoms with van der Waals surface area (Å²) in [6, 6.07) is 18.2. The first kappa shape index (κ1) is 35.0. The van der Waals surface area contributed by atoms with Gasteiger partial charge in [0.05, 0.1) is 0 Å². The van der Waals surface area contributed by atoms with Crippen LogP contribution in [0.3, 0.4) is 0 Å². The van der Waals surface area contributed by atoms with Gasteiger partial charge in [-0.15, -0.1) is 0 Å². The van der Waals surface area contributed by atoms with Gasteiger partial charge in [0.15, 0.2) is 0 Å². The topological polar surface area (TPSA) is 25.3 Å². The summed E-state index contributed by atoms with van der Waals surface area (Å²) in [6.07, 6.45) is 26.2. The van der Waals surface area contributed by atoms with E-state index in [0.29, 0.717) is 0 Å². The molecule has 3 rings (SSSR count). The van der Waals surface area contributed by atoms with Gasteiger partial charge in [-0.3, -0.25) is 0 Å². The Hall–Kier alpha value is -2.48. The van der Waals surface area contributed by atoms with E-state index in [4.69, 9.17) is 0 Å². The van der Waals surface area contributed by atoms with E-state index >= 15 is 0 Å². The molecule has 0 spiro atoms. The highest BCUT2D eigenvalue weighted by Crippen LogP contribution is 2.44. The maximum atomic E-state index is 11.9. The normalized spacial score (nSPS) is 13.5. The van der Waals surface area contributed by atoms with E-state index in [9.17, 15) is 5.53 Å². The molecular weight excluding hydrogens is 520 g/mol. The quantitative estimate of drug-likeness (QED) is 0.0920. The summed E-state index contributed by atoms with van der Waals surface area (Å²) in [5, 5.41) is 0. The number of aryl methyl sites for hydroxylation is 2. The van der Waals surface area contributed by atoms with Gasteiger partial charge in [0.2, 0.25) is 11.4 Å². The van der Waals surface area contributed by atoms with Crippen molar-refractivity contribution in [2.45, 2.75) is 163 Å². The summed E-state index contributed by atoms with van der Waals surface area (Å²) < 4.78 is 1.55. The molecule has 0 aliphatic carbocycles. The molecule has 43 heavy (non-hydrogen) atoms. The van der Waals surface area contributed by atoms with Crippen molar-refractivity contribution in [3.05, 3.63) is 87.5 Å². The van der Waals surface area contributed by atoms with Crippen molar-refractivity contribution in [1.29, 1.82) is 0 Å². The first-order valence-corrected chi connectivity index (χ1v) is 18.3. The van der Waals surface area contributed by atoms with Gasteiger partial charge >= 0.3 is 0 Å². The molecule has 0 bridgehead atoms. The average molecular weight is 583 g/mol. The summed E-state index contributed by atoms with van der Waals surface area (Å²) in [7, 11) is 0. The van der Waals surface area contributed by atoms with Crippen molar-refractivity contribution in [2.75, 3.05) is 0 Å². The van der Waals surface area contributed by atoms with Gasteiger partial charge < -0.3 is 5.53 Å². The lowest BCUT2D eigenvalue weighted by atomic mass is 9.91. The second-order valence-corrected chi connectivity index (χ2v) is 13.0. The van der Waals surface area contributed by atoms with E-state index in [1.54, 1.807) is 4.70 Å². The fourth-order valence-electron chi connectivity index (χ4n) is 6.57. The van der Waals surface area contributed by atoms with E-state index in [2.05, 4.69) is 76.2 Å². The van der Waals surface area contributed by atoms with Crippen LogP contribution in [0.25, 0.3) is 16.9 Å². The standard InChI is InChI=1S/C41H62N2/c1-5-9-13-15-17-20-22-34-26-30-36(31-27-34)40-38(24-12-8-4)39(25-19-11-7-3)41(43(40)42)37-32-28-35(29-33-37)23-21-18-16-14-10-6-2/h26-33H,5-25H2,1-4H3. The van der Waals surface area contributed by atoms with Gasteiger partial charge in [-0.25, -0.2) is 4.70 Å². The lowest BCUT2D eigenvalue weighted by Gasteiger charge is -2.11. The molecule has 236 valence electrons. The maximum Gasteiger partial charge on any atom is 0.211 e. The third kappa shape index (κ3) is 11.2. The SMILES string of the molecule is CCCCCCCCc1ccc(C2=C(CCCC)C(CCCCC)=C(c3ccc(CCCCCCCC)cc3)[N+]2=[N-])cc1. The summed E-state index contributed by atoms with van der Waals surface area (Å²) in [5.41, 5.74) is 21.7. The van der Waals surface area contributed by atoms with E-state index in [-0.39, 0.29) is 0 Å². The molecule has 1 aliphatic rings. The van der Waals surface area contributed by atoms with E-state index in [0.717, 1.165) is 61.0 Å². The van der Waals surface area contributed by atoms with Gasteiger partial charge in [-0.1, -0.05) is 135 Å². The molecule has 0 saturated heterocycles. The zero-order chi connectivity index (χ0) is 30.7. The molecule has 1 heterocycles. The number of hydrogen-bond donors (Lipinski definition) is 0. The second kappa shape index (κ2) is 20.5. The summed E-state index contributed by atoms with van der Waals surface area (Å²) in [6.45, 7) is 9.11. The predicted molar refractivity (Wildman–Crippen MR) is 188 cm³/mol. The van der Waals surface area contributed by atoms with Crippen LogP contribution in [0.5, 0.6) is 0 Å². The van der Waals surface area contributed by atoms with Crippen LogP contribution >= 0.6 is 0 Å². The van der Waals surface area contributed by atoms with Crippen LogP contribution in [0.2, 0.25) is 0 Å². The smallest absolute Gasteiger partial charge is 0.211 e. The number of nitrogens with zero attached hydrogens (tertiary/aromatic N) is 2. The van der Waals surface area contributed by atoms with Crippen molar-refractivity contribution >= 4 is 11.4 Å². The van der Waals surface area contributed by atoms with Crippen molar-refractivity contribution in [1.82, 2.24) is 0 Å². The average Bonchev–Trinajstić information content (AvgIpc) is 3.30. The fraction of sp³-hybridized carbons (Fsp3) is 0.610. The molecule has 0 unspecified atom stereocenters. The van der Waals surface area contributed by atoms with Gasteiger partial charge in [-0.2, -0.15) is 0 Å². The molecule has 2 aromatic rings. The molecule has 2 heteroatoms. The van der Waals surface area contributed by atoms with E-state index in [1.807, 2.05) is 0 Å². The van der Waals surface area contributed by atoms with Crippen LogP contribution in [0.15, 0.2) is 59.7 Å². The largest absolute Gasteiger partial charge is 0.493 e. The molecule has 0 radical (unpaired) electrons. The first-order valence-electron chi connectivity index (χ1n) is 18.3. The number of unbranched alkanes of at least 4 members (excludes halogenated alkanes) is 13. The van der Waals surface area contributed by atoms with E-state index < -0.39 is 0 Å². The third-order valence-corrected chi connectivity index (χ3v) is 9.26. The van der Waals surface area contributed by atoms with E-state index in [1.165, 1.54) is 119 Å². The Morgan fingerprint density at radius 2 is 0.721 bits per heavy atom. The van der Waals surface area contributed by atoms with Crippen molar-refractivity contribution in [3.8, 4) is 0 Å². The Morgan fingerprint density at radius 3 is 1.14 bits per heavy atom. The Balaban J connectivity index is 1.80. The molecule has 2 aromatic carbocycles. The summed E-state index contributed by atoms with van der Waals surface area (Å²) in [4.78, 5) is 0. The van der Waals surface area contributed by atoms with Crippen LogP contribution in [-0.4, -0.2) is 4.70 Å². The number of hydrogen-bond acceptors (Lipinski definition) is 0. The lowest BCUT2D eigenvalue weighted by Crippen LogP contribution is -2.03. The molecule has 0 fully saturated rings. The minimum Gasteiger partial charge on any atom is -0.493 e. The Morgan fingerprint density at radius 1 is 0.395 bits per heavy atom. The molecule has 1 aliphatic heterocycles. The lowest BCUT2D eigenvalue weighted by molar-refractivity contribution is -0.345. The van der Waals surface area contributed by atoms with Gasteiger partial charge in [-0.05, 0) is 86.8 Å². The highest BCUT2D eigenvalue weighted by Gasteiger charge is 2.35.